The third kappa shape index (κ3) is 3.88. The molecule has 6 nitrogen and oxygen atoms in total. The van der Waals surface area contributed by atoms with Crippen molar-refractivity contribution in [3.63, 3.8) is 0 Å². The Balaban J connectivity index is 1.71. The van der Waals surface area contributed by atoms with Crippen LogP contribution in [0.2, 0.25) is 0 Å². The Bertz CT molecular complexity index is 997. The molecule has 140 valence electrons. The minimum absolute atomic E-state index is 0.347. The van der Waals surface area contributed by atoms with Gasteiger partial charge < -0.3 is 9.47 Å². The van der Waals surface area contributed by atoms with Gasteiger partial charge in [0.2, 0.25) is 0 Å². The molecule has 0 aliphatic carbocycles. The van der Waals surface area contributed by atoms with Crippen molar-refractivity contribution in [2.75, 3.05) is 13.7 Å². The fourth-order valence-electron chi connectivity index (χ4n) is 2.72. The topological polar surface area (TPSA) is 76.7 Å². The van der Waals surface area contributed by atoms with E-state index < -0.39 is 5.91 Å². The maximum absolute atomic E-state index is 12.5. The number of carbonyl (C=O) groups excluding carboxylic acids is 2. The molecule has 3 aromatic rings. The minimum Gasteiger partial charge on any atom is -0.493 e. The van der Waals surface area contributed by atoms with Crippen LogP contribution in [0, 0.1) is 6.92 Å². The molecule has 0 bridgehead atoms. The van der Waals surface area contributed by atoms with Crippen molar-refractivity contribution < 1.29 is 19.1 Å². The van der Waals surface area contributed by atoms with Gasteiger partial charge in [0, 0.05) is 10.3 Å². The van der Waals surface area contributed by atoms with E-state index >= 15 is 0 Å². The Morgan fingerprint density at radius 3 is 2.48 bits per heavy atom. The highest BCUT2D eigenvalue weighted by atomic mass is 32.1. The van der Waals surface area contributed by atoms with E-state index in [2.05, 4.69) is 10.9 Å². The number of thiophene rings is 1. The SMILES string of the molecule is CCOc1ccc(C(=O)NNC(=O)c2sc3ccccc3c2C)cc1OC. The largest absolute Gasteiger partial charge is 0.493 e. The Labute approximate surface area is 161 Å². The van der Waals surface area contributed by atoms with Gasteiger partial charge in [-0.2, -0.15) is 0 Å². The Morgan fingerprint density at radius 2 is 1.78 bits per heavy atom. The van der Waals surface area contributed by atoms with Crippen LogP contribution in [0.25, 0.3) is 10.1 Å². The first kappa shape index (κ1) is 18.7. The summed E-state index contributed by atoms with van der Waals surface area (Å²) >= 11 is 1.39. The number of ether oxygens (including phenoxy) is 2. The molecule has 0 atom stereocenters. The lowest BCUT2D eigenvalue weighted by atomic mass is 10.1. The highest BCUT2D eigenvalue weighted by molar-refractivity contribution is 7.21. The Hall–Kier alpha value is -3.06. The number of carbonyl (C=O) groups is 2. The van der Waals surface area contributed by atoms with Crippen LogP contribution in [0.4, 0.5) is 0 Å². The number of hydrogen-bond acceptors (Lipinski definition) is 5. The van der Waals surface area contributed by atoms with Crippen molar-refractivity contribution in [3.05, 3.63) is 58.5 Å². The van der Waals surface area contributed by atoms with Crippen molar-refractivity contribution >= 4 is 33.2 Å². The molecule has 1 aromatic heterocycles. The van der Waals surface area contributed by atoms with Gasteiger partial charge in [0.25, 0.3) is 11.8 Å². The third-order valence-electron chi connectivity index (χ3n) is 4.07. The molecule has 2 amide bonds. The summed E-state index contributed by atoms with van der Waals surface area (Å²) in [6, 6.07) is 12.6. The predicted molar refractivity (Wildman–Crippen MR) is 106 cm³/mol. The van der Waals surface area contributed by atoms with Gasteiger partial charge in [-0.05, 0) is 49.1 Å². The van der Waals surface area contributed by atoms with Gasteiger partial charge in [0.15, 0.2) is 11.5 Å². The summed E-state index contributed by atoms with van der Waals surface area (Å²) in [6.45, 7) is 4.25. The smallest absolute Gasteiger partial charge is 0.280 e. The van der Waals surface area contributed by atoms with E-state index in [4.69, 9.17) is 9.47 Å². The summed E-state index contributed by atoms with van der Waals surface area (Å²) < 4.78 is 11.7. The van der Waals surface area contributed by atoms with E-state index in [1.54, 1.807) is 18.2 Å². The van der Waals surface area contributed by atoms with Crippen LogP contribution in [0.1, 0.15) is 32.5 Å². The lowest BCUT2D eigenvalue weighted by Gasteiger charge is -2.11. The molecular formula is C20H20N2O4S. The molecule has 0 aliphatic rings. The zero-order chi connectivity index (χ0) is 19.4. The van der Waals surface area contributed by atoms with Crippen LogP contribution in [0.5, 0.6) is 11.5 Å². The number of rotatable bonds is 5. The zero-order valence-electron chi connectivity index (χ0n) is 15.3. The average Bonchev–Trinajstić information content (AvgIpc) is 3.03. The minimum atomic E-state index is -0.441. The number of hydrazine groups is 1. The first-order valence-corrected chi connectivity index (χ1v) is 9.26. The zero-order valence-corrected chi connectivity index (χ0v) is 16.1. The second-order valence-electron chi connectivity index (χ2n) is 5.76. The lowest BCUT2D eigenvalue weighted by Crippen LogP contribution is -2.41. The molecular weight excluding hydrogens is 364 g/mol. The molecule has 0 aliphatic heterocycles. The number of nitrogens with one attached hydrogen (secondary N) is 2. The molecule has 0 unspecified atom stereocenters. The molecule has 3 rings (SSSR count). The van der Waals surface area contributed by atoms with Gasteiger partial charge in [-0.25, -0.2) is 0 Å². The van der Waals surface area contributed by atoms with E-state index in [9.17, 15) is 9.59 Å². The normalized spacial score (nSPS) is 10.5. The molecule has 2 aromatic carbocycles. The van der Waals surface area contributed by atoms with Gasteiger partial charge in [0.1, 0.15) is 0 Å². The lowest BCUT2D eigenvalue weighted by molar-refractivity contribution is 0.0848. The molecule has 27 heavy (non-hydrogen) atoms. The van der Waals surface area contributed by atoms with Crippen LogP contribution in [-0.4, -0.2) is 25.5 Å². The highest BCUT2D eigenvalue weighted by Gasteiger charge is 2.17. The van der Waals surface area contributed by atoms with Crippen LogP contribution in [-0.2, 0) is 0 Å². The van der Waals surface area contributed by atoms with Crippen molar-refractivity contribution in [1.29, 1.82) is 0 Å². The van der Waals surface area contributed by atoms with E-state index in [0.29, 0.717) is 28.5 Å². The van der Waals surface area contributed by atoms with Crippen molar-refractivity contribution in [3.8, 4) is 11.5 Å². The van der Waals surface area contributed by atoms with E-state index in [1.807, 2.05) is 38.1 Å². The van der Waals surface area contributed by atoms with Crippen LogP contribution >= 0.6 is 11.3 Å². The summed E-state index contributed by atoms with van der Waals surface area (Å²) in [7, 11) is 1.51. The molecule has 1 heterocycles. The number of benzene rings is 2. The summed E-state index contributed by atoms with van der Waals surface area (Å²) in [5.41, 5.74) is 6.16. The number of fused-ring (bicyclic) bond motifs is 1. The van der Waals surface area contributed by atoms with E-state index in [-0.39, 0.29) is 5.91 Å². The van der Waals surface area contributed by atoms with Crippen molar-refractivity contribution in [2.45, 2.75) is 13.8 Å². The van der Waals surface area contributed by atoms with Gasteiger partial charge >= 0.3 is 0 Å². The van der Waals surface area contributed by atoms with E-state index in [1.165, 1.54) is 18.4 Å². The van der Waals surface area contributed by atoms with Gasteiger partial charge in [-0.1, -0.05) is 18.2 Å². The molecule has 0 radical (unpaired) electrons. The fourth-order valence-corrected chi connectivity index (χ4v) is 3.82. The maximum atomic E-state index is 12.5. The third-order valence-corrected chi connectivity index (χ3v) is 5.34. The first-order valence-electron chi connectivity index (χ1n) is 8.44. The first-order chi connectivity index (χ1) is 13.0. The summed E-state index contributed by atoms with van der Waals surface area (Å²) in [5, 5.41) is 1.04. The molecule has 0 saturated heterocycles. The average molecular weight is 384 g/mol. The molecule has 0 fully saturated rings. The molecule has 0 saturated carbocycles. The Morgan fingerprint density at radius 1 is 1.04 bits per heavy atom. The second-order valence-corrected chi connectivity index (χ2v) is 6.81. The van der Waals surface area contributed by atoms with E-state index in [0.717, 1.165) is 15.6 Å². The van der Waals surface area contributed by atoms with Crippen LogP contribution in [0.3, 0.4) is 0 Å². The van der Waals surface area contributed by atoms with Gasteiger partial charge in [-0.3, -0.25) is 20.4 Å². The summed E-state index contributed by atoms with van der Waals surface area (Å²) in [5.74, 6) is 0.223. The van der Waals surface area contributed by atoms with Crippen molar-refractivity contribution in [2.24, 2.45) is 0 Å². The van der Waals surface area contributed by atoms with Crippen molar-refractivity contribution in [1.82, 2.24) is 10.9 Å². The summed E-state index contributed by atoms with van der Waals surface area (Å²) in [6.07, 6.45) is 0. The highest BCUT2D eigenvalue weighted by Crippen LogP contribution is 2.30. The molecule has 7 heteroatoms. The Kier molecular flexibility index (Phi) is 5.61. The molecule has 0 spiro atoms. The number of hydrogen-bond donors (Lipinski definition) is 2. The second kappa shape index (κ2) is 8.09. The maximum Gasteiger partial charge on any atom is 0.280 e. The number of aryl methyl sites for hydroxylation is 1. The van der Waals surface area contributed by atoms with Gasteiger partial charge in [-0.15, -0.1) is 11.3 Å². The number of methoxy groups -OCH3 is 1. The van der Waals surface area contributed by atoms with Crippen LogP contribution < -0.4 is 20.3 Å². The standard InChI is InChI=1S/C20H20N2O4S/c1-4-26-15-10-9-13(11-16(15)25-3)19(23)21-22-20(24)18-12(2)14-7-5-6-8-17(14)27-18/h5-11H,4H2,1-3H3,(H,21,23)(H,22,24). The monoisotopic (exact) mass is 384 g/mol. The quantitative estimate of drug-likeness (QED) is 0.658. The number of amides is 2. The van der Waals surface area contributed by atoms with Crippen LogP contribution in [0.15, 0.2) is 42.5 Å². The predicted octanol–water partition coefficient (Wildman–Crippen LogP) is 3.69. The fraction of sp³-hybridized carbons (Fsp3) is 0.200. The molecule has 2 N–H and O–H groups in total. The van der Waals surface area contributed by atoms with Gasteiger partial charge in [0.05, 0.1) is 18.6 Å². The summed E-state index contributed by atoms with van der Waals surface area (Å²) in [4.78, 5) is 25.4.